The van der Waals surface area contributed by atoms with Gasteiger partial charge in [0, 0.05) is 34.2 Å². The summed E-state index contributed by atoms with van der Waals surface area (Å²) in [5.41, 5.74) is 3.54. The molecule has 1 aliphatic carbocycles. The predicted molar refractivity (Wildman–Crippen MR) is 111 cm³/mol. The van der Waals surface area contributed by atoms with Crippen molar-refractivity contribution < 1.29 is 9.59 Å². The number of amides is 2. The van der Waals surface area contributed by atoms with E-state index >= 15 is 0 Å². The molecule has 1 aromatic carbocycles. The summed E-state index contributed by atoms with van der Waals surface area (Å²) >= 11 is 1.45. The Morgan fingerprint density at radius 3 is 2.76 bits per heavy atom. The molecule has 0 saturated heterocycles. The Balaban J connectivity index is 1.50. The number of hydrogen-bond donors (Lipinski definition) is 2. The van der Waals surface area contributed by atoms with Gasteiger partial charge < -0.3 is 10.6 Å². The summed E-state index contributed by atoms with van der Waals surface area (Å²) in [5, 5.41) is 10.9. The molecule has 29 heavy (non-hydrogen) atoms. The third kappa shape index (κ3) is 4.24. The average molecular weight is 411 g/mol. The molecule has 0 bridgehead atoms. The number of carbonyl (C=O) groups excluding carboxylic acids is 2. The quantitative estimate of drug-likeness (QED) is 0.606. The number of nitrogens with zero attached hydrogens (tertiary/aromatic N) is 4. The molecule has 2 amide bonds. The van der Waals surface area contributed by atoms with Gasteiger partial charge in [-0.2, -0.15) is 4.98 Å². The average Bonchev–Trinajstić information content (AvgIpc) is 3.41. The number of benzene rings is 1. The number of carbonyl (C=O) groups is 2. The highest BCUT2D eigenvalue weighted by molar-refractivity contribution is 7.98. The monoisotopic (exact) mass is 410 g/mol. The minimum Gasteiger partial charge on any atom is -0.349 e. The lowest BCUT2D eigenvalue weighted by Crippen LogP contribution is -2.25. The number of nitrogens with one attached hydrogen (secondary N) is 2. The van der Waals surface area contributed by atoms with E-state index in [-0.39, 0.29) is 24.3 Å². The molecule has 9 heteroatoms. The molecule has 1 saturated carbocycles. The van der Waals surface area contributed by atoms with E-state index in [9.17, 15) is 9.59 Å². The number of thioether (sulfide) groups is 1. The van der Waals surface area contributed by atoms with Crippen molar-refractivity contribution in [3.63, 3.8) is 0 Å². The predicted octanol–water partition coefficient (Wildman–Crippen LogP) is 2.54. The fraction of sp³-hybridized carbons (Fsp3) is 0.350. The Kier molecular flexibility index (Phi) is 5.23. The highest BCUT2D eigenvalue weighted by Gasteiger charge is 2.24. The number of aryl methyl sites for hydroxylation is 2. The van der Waals surface area contributed by atoms with Crippen LogP contribution in [0.3, 0.4) is 0 Å². The van der Waals surface area contributed by atoms with E-state index in [1.54, 1.807) is 28.8 Å². The number of fused-ring (bicyclic) bond motifs is 1. The first-order valence-corrected chi connectivity index (χ1v) is 10.6. The Hall–Kier alpha value is -2.94. The van der Waals surface area contributed by atoms with Gasteiger partial charge in [-0.3, -0.25) is 9.59 Å². The third-order valence-electron chi connectivity index (χ3n) is 4.87. The van der Waals surface area contributed by atoms with Gasteiger partial charge in [-0.25, -0.2) is 9.50 Å². The van der Waals surface area contributed by atoms with E-state index in [0.29, 0.717) is 22.2 Å². The van der Waals surface area contributed by atoms with E-state index in [0.717, 1.165) is 29.8 Å². The summed E-state index contributed by atoms with van der Waals surface area (Å²) in [6.07, 6.45) is 4.13. The van der Waals surface area contributed by atoms with Gasteiger partial charge >= 0.3 is 0 Å². The van der Waals surface area contributed by atoms with Crippen LogP contribution >= 0.6 is 11.8 Å². The second kappa shape index (κ2) is 7.82. The summed E-state index contributed by atoms with van der Waals surface area (Å²) in [6, 6.07) is 7.26. The zero-order chi connectivity index (χ0) is 20.5. The third-order valence-corrected chi connectivity index (χ3v) is 5.41. The highest BCUT2D eigenvalue weighted by atomic mass is 32.2. The number of aromatic nitrogens is 4. The summed E-state index contributed by atoms with van der Waals surface area (Å²) in [6.45, 7) is 3.78. The second-order valence-electron chi connectivity index (χ2n) is 7.12. The summed E-state index contributed by atoms with van der Waals surface area (Å²) in [7, 11) is 0. The van der Waals surface area contributed by atoms with Crippen LogP contribution in [0.15, 0.2) is 29.4 Å². The molecule has 0 atom stereocenters. The van der Waals surface area contributed by atoms with E-state index < -0.39 is 0 Å². The van der Waals surface area contributed by atoms with Crippen LogP contribution < -0.4 is 10.6 Å². The highest BCUT2D eigenvalue weighted by Crippen LogP contribution is 2.21. The minimum absolute atomic E-state index is 0.110. The number of hydrogen-bond acceptors (Lipinski definition) is 6. The standard InChI is InChI=1S/C20H22N6O2S/c1-11-16(12(2)26-19(21-11)24-20(25-26)29-3)10-17(27)22-15-6-4-5-13(9-15)18(28)23-14-7-8-14/h4-6,9,14H,7-8,10H2,1-3H3,(H,22,27)(H,23,28). The van der Waals surface area contributed by atoms with Crippen LogP contribution in [0.25, 0.3) is 5.78 Å². The fourth-order valence-corrected chi connectivity index (χ4v) is 3.47. The molecular formula is C20H22N6O2S. The number of anilines is 1. The largest absolute Gasteiger partial charge is 0.349 e. The Labute approximate surface area is 172 Å². The Morgan fingerprint density at radius 1 is 1.24 bits per heavy atom. The van der Waals surface area contributed by atoms with Gasteiger partial charge in [-0.1, -0.05) is 17.8 Å². The molecule has 2 aromatic heterocycles. The van der Waals surface area contributed by atoms with Gasteiger partial charge in [-0.15, -0.1) is 5.10 Å². The first kappa shape index (κ1) is 19.4. The van der Waals surface area contributed by atoms with Crippen molar-refractivity contribution in [3.8, 4) is 0 Å². The summed E-state index contributed by atoms with van der Waals surface area (Å²) in [4.78, 5) is 33.7. The first-order chi connectivity index (χ1) is 13.9. The topological polar surface area (TPSA) is 101 Å². The molecule has 1 aliphatic rings. The molecule has 0 aliphatic heterocycles. The molecule has 2 heterocycles. The van der Waals surface area contributed by atoms with Crippen molar-refractivity contribution in [1.82, 2.24) is 24.9 Å². The SMILES string of the molecule is CSc1nc2nc(C)c(CC(=O)Nc3cccc(C(=O)NC4CC4)c3)c(C)n2n1. The molecular weight excluding hydrogens is 388 g/mol. The summed E-state index contributed by atoms with van der Waals surface area (Å²) in [5.74, 6) is 0.242. The van der Waals surface area contributed by atoms with Gasteiger partial charge in [0.1, 0.15) is 0 Å². The number of rotatable bonds is 6. The molecule has 3 aromatic rings. The smallest absolute Gasteiger partial charge is 0.253 e. The van der Waals surface area contributed by atoms with Crippen molar-refractivity contribution >= 4 is 35.0 Å². The molecule has 1 fully saturated rings. The molecule has 0 spiro atoms. The van der Waals surface area contributed by atoms with Crippen LogP contribution in [0.2, 0.25) is 0 Å². The lowest BCUT2D eigenvalue weighted by atomic mass is 10.1. The first-order valence-electron chi connectivity index (χ1n) is 9.42. The maximum atomic E-state index is 12.7. The molecule has 4 rings (SSSR count). The molecule has 8 nitrogen and oxygen atoms in total. The van der Waals surface area contributed by atoms with Crippen molar-refractivity contribution in [3.05, 3.63) is 46.8 Å². The van der Waals surface area contributed by atoms with Crippen molar-refractivity contribution in [2.75, 3.05) is 11.6 Å². The van der Waals surface area contributed by atoms with Crippen molar-refractivity contribution in [2.24, 2.45) is 0 Å². The van der Waals surface area contributed by atoms with Crippen LogP contribution in [0, 0.1) is 13.8 Å². The summed E-state index contributed by atoms with van der Waals surface area (Å²) < 4.78 is 1.67. The van der Waals surface area contributed by atoms with Gasteiger partial charge in [0.05, 0.1) is 6.42 Å². The molecule has 150 valence electrons. The van der Waals surface area contributed by atoms with Crippen LogP contribution in [-0.4, -0.2) is 43.7 Å². The van der Waals surface area contributed by atoms with Gasteiger partial charge in [-0.05, 0) is 51.1 Å². The van der Waals surface area contributed by atoms with Crippen molar-refractivity contribution in [1.29, 1.82) is 0 Å². The maximum Gasteiger partial charge on any atom is 0.253 e. The molecule has 2 N–H and O–H groups in total. The minimum atomic E-state index is -0.178. The van der Waals surface area contributed by atoms with E-state index in [1.807, 2.05) is 20.1 Å². The van der Waals surface area contributed by atoms with Gasteiger partial charge in [0.25, 0.3) is 11.7 Å². The fourth-order valence-electron chi connectivity index (χ4n) is 3.13. The van der Waals surface area contributed by atoms with E-state index in [4.69, 9.17) is 0 Å². The van der Waals surface area contributed by atoms with E-state index in [1.165, 1.54) is 11.8 Å². The van der Waals surface area contributed by atoms with Crippen LogP contribution in [0.4, 0.5) is 5.69 Å². The van der Waals surface area contributed by atoms with Crippen molar-refractivity contribution in [2.45, 2.75) is 44.3 Å². The van der Waals surface area contributed by atoms with Crippen LogP contribution in [0.1, 0.15) is 40.2 Å². The van der Waals surface area contributed by atoms with Crippen LogP contribution in [-0.2, 0) is 11.2 Å². The molecule has 0 radical (unpaired) electrons. The van der Waals surface area contributed by atoms with Gasteiger partial charge in [0.15, 0.2) is 0 Å². The van der Waals surface area contributed by atoms with Crippen LogP contribution in [0.5, 0.6) is 0 Å². The second-order valence-corrected chi connectivity index (χ2v) is 7.90. The zero-order valence-corrected chi connectivity index (χ0v) is 17.3. The lowest BCUT2D eigenvalue weighted by molar-refractivity contribution is -0.115. The maximum absolute atomic E-state index is 12.7. The Morgan fingerprint density at radius 2 is 2.03 bits per heavy atom. The van der Waals surface area contributed by atoms with E-state index in [2.05, 4.69) is 25.7 Å². The normalized spacial score (nSPS) is 13.5. The molecule has 0 unspecified atom stereocenters. The van der Waals surface area contributed by atoms with Gasteiger partial charge in [0.2, 0.25) is 11.1 Å². The lowest BCUT2D eigenvalue weighted by Gasteiger charge is -2.11. The Bertz CT molecular complexity index is 1110. The zero-order valence-electron chi connectivity index (χ0n) is 16.5.